The van der Waals surface area contributed by atoms with Crippen molar-refractivity contribution < 1.29 is 8.42 Å². The van der Waals surface area contributed by atoms with Crippen LogP contribution in [0.5, 0.6) is 0 Å². The van der Waals surface area contributed by atoms with Gasteiger partial charge in [0.05, 0.1) is 5.75 Å². The Morgan fingerprint density at radius 3 is 2.38 bits per heavy atom. The van der Waals surface area contributed by atoms with Crippen LogP contribution in [0.25, 0.3) is 0 Å². The van der Waals surface area contributed by atoms with Crippen LogP contribution in [0.3, 0.4) is 0 Å². The number of sulfonamides is 1. The lowest BCUT2D eigenvalue weighted by Gasteiger charge is -2.17. The summed E-state index contributed by atoms with van der Waals surface area (Å²) in [6.07, 6.45) is 0. The molecule has 0 aliphatic carbocycles. The van der Waals surface area contributed by atoms with Gasteiger partial charge in [-0.2, -0.15) is 0 Å². The van der Waals surface area contributed by atoms with Gasteiger partial charge in [-0.05, 0) is 21.0 Å². The topological polar surface area (TPSA) is 75.4 Å². The molecule has 0 fully saturated rings. The minimum Gasteiger partial charge on any atom is -0.312 e. The molecule has 0 aromatic rings. The number of hydrogen-bond acceptors (Lipinski definition) is 4. The Labute approximate surface area is 80.3 Å². The maximum atomic E-state index is 10.6. The number of nitrogens with zero attached hydrogens (tertiary/aromatic N) is 1. The van der Waals surface area contributed by atoms with Gasteiger partial charge in [-0.1, -0.05) is 0 Å². The summed E-state index contributed by atoms with van der Waals surface area (Å²) in [4.78, 5) is 2.04. The minimum atomic E-state index is -3.32. The third-order valence-electron chi connectivity index (χ3n) is 1.52. The molecule has 0 amide bonds. The molecule has 0 rings (SSSR count). The molecule has 5 nitrogen and oxygen atoms in total. The molecule has 0 saturated carbocycles. The van der Waals surface area contributed by atoms with E-state index in [1.807, 2.05) is 25.9 Å². The molecule has 13 heavy (non-hydrogen) atoms. The monoisotopic (exact) mass is 209 g/mol. The van der Waals surface area contributed by atoms with Crippen molar-refractivity contribution in [1.29, 1.82) is 0 Å². The van der Waals surface area contributed by atoms with Gasteiger partial charge in [0.2, 0.25) is 10.0 Å². The Kier molecular flexibility index (Phi) is 5.46. The highest BCUT2D eigenvalue weighted by Crippen LogP contribution is 1.84. The van der Waals surface area contributed by atoms with Gasteiger partial charge in [0.15, 0.2) is 0 Å². The van der Waals surface area contributed by atoms with Crippen LogP contribution in [-0.4, -0.2) is 52.3 Å². The van der Waals surface area contributed by atoms with Gasteiger partial charge in [-0.25, -0.2) is 13.6 Å². The maximum Gasteiger partial charge on any atom is 0.210 e. The molecule has 0 saturated heterocycles. The highest BCUT2D eigenvalue weighted by molar-refractivity contribution is 7.89. The van der Waals surface area contributed by atoms with Crippen molar-refractivity contribution in [3.63, 3.8) is 0 Å². The van der Waals surface area contributed by atoms with Gasteiger partial charge in [0.25, 0.3) is 0 Å². The SMILES string of the molecule is CC(CN(C)C)NCCS(N)(=O)=O. The number of likely N-dealkylation sites (N-methyl/N-ethyl adjacent to an activating group) is 1. The van der Waals surface area contributed by atoms with E-state index in [1.54, 1.807) is 0 Å². The van der Waals surface area contributed by atoms with E-state index in [4.69, 9.17) is 5.14 Å². The van der Waals surface area contributed by atoms with Crippen LogP contribution in [0.4, 0.5) is 0 Å². The van der Waals surface area contributed by atoms with E-state index in [2.05, 4.69) is 5.32 Å². The molecule has 0 aliphatic heterocycles. The summed E-state index contributed by atoms with van der Waals surface area (Å²) in [7, 11) is 0.616. The second-order valence-corrected chi connectivity index (χ2v) is 5.22. The lowest BCUT2D eigenvalue weighted by atomic mass is 10.3. The molecule has 3 N–H and O–H groups in total. The first-order chi connectivity index (χ1) is 5.81. The predicted molar refractivity (Wildman–Crippen MR) is 54.0 cm³/mol. The third-order valence-corrected chi connectivity index (χ3v) is 2.29. The fraction of sp³-hybridized carbons (Fsp3) is 1.00. The van der Waals surface area contributed by atoms with E-state index in [0.29, 0.717) is 6.54 Å². The van der Waals surface area contributed by atoms with Gasteiger partial charge in [-0.15, -0.1) is 0 Å². The lowest BCUT2D eigenvalue weighted by Crippen LogP contribution is -2.38. The fourth-order valence-electron chi connectivity index (χ4n) is 1.06. The van der Waals surface area contributed by atoms with E-state index in [1.165, 1.54) is 0 Å². The summed E-state index contributed by atoms with van der Waals surface area (Å²) in [6.45, 7) is 3.29. The molecule has 6 heteroatoms. The van der Waals surface area contributed by atoms with E-state index in [-0.39, 0.29) is 11.8 Å². The third kappa shape index (κ3) is 9.75. The molecule has 1 unspecified atom stereocenters. The van der Waals surface area contributed by atoms with Gasteiger partial charge in [0.1, 0.15) is 0 Å². The molecule has 0 aromatic carbocycles. The summed E-state index contributed by atoms with van der Waals surface area (Å²) >= 11 is 0. The zero-order valence-corrected chi connectivity index (χ0v) is 9.26. The zero-order chi connectivity index (χ0) is 10.5. The standard InChI is InChI=1S/C7H19N3O2S/c1-7(6-10(2)3)9-4-5-13(8,11)12/h7,9H,4-6H2,1-3H3,(H2,8,11,12). The van der Waals surface area contributed by atoms with Gasteiger partial charge in [-0.3, -0.25) is 0 Å². The zero-order valence-electron chi connectivity index (χ0n) is 8.45. The summed E-state index contributed by atoms with van der Waals surface area (Å²) < 4.78 is 21.1. The number of hydrogen-bond donors (Lipinski definition) is 2. The Balaban J connectivity index is 3.54. The smallest absolute Gasteiger partial charge is 0.210 e. The first-order valence-electron chi connectivity index (χ1n) is 4.20. The van der Waals surface area contributed by atoms with E-state index in [9.17, 15) is 8.42 Å². The normalized spacial score (nSPS) is 14.8. The Bertz CT molecular complexity index is 226. The van der Waals surface area contributed by atoms with Crippen molar-refractivity contribution in [2.24, 2.45) is 5.14 Å². The summed E-state index contributed by atoms with van der Waals surface area (Å²) in [6, 6.07) is 0.275. The summed E-state index contributed by atoms with van der Waals surface area (Å²) in [5.74, 6) is -0.00916. The Morgan fingerprint density at radius 2 is 2.00 bits per heavy atom. The molecule has 0 spiro atoms. The number of primary sulfonamides is 1. The van der Waals surface area contributed by atoms with E-state index >= 15 is 0 Å². The average molecular weight is 209 g/mol. The van der Waals surface area contributed by atoms with Gasteiger partial charge >= 0.3 is 0 Å². The second-order valence-electron chi connectivity index (χ2n) is 3.48. The molecule has 80 valence electrons. The molecule has 0 aliphatic rings. The lowest BCUT2D eigenvalue weighted by molar-refractivity contribution is 0.353. The summed E-state index contributed by atoms with van der Waals surface area (Å²) in [5.41, 5.74) is 0. The highest BCUT2D eigenvalue weighted by Gasteiger charge is 2.05. The second kappa shape index (κ2) is 5.54. The van der Waals surface area contributed by atoms with Crippen LogP contribution in [0.1, 0.15) is 6.92 Å². The Hall–Kier alpha value is -0.170. The van der Waals surface area contributed by atoms with Crippen molar-refractivity contribution in [2.45, 2.75) is 13.0 Å². The van der Waals surface area contributed by atoms with Crippen LogP contribution in [0, 0.1) is 0 Å². The fourth-order valence-corrected chi connectivity index (χ4v) is 1.46. The van der Waals surface area contributed by atoms with Crippen LogP contribution in [-0.2, 0) is 10.0 Å². The van der Waals surface area contributed by atoms with E-state index in [0.717, 1.165) is 6.54 Å². The minimum absolute atomic E-state index is 0.00916. The number of nitrogens with one attached hydrogen (secondary N) is 1. The molecule has 0 bridgehead atoms. The summed E-state index contributed by atoms with van der Waals surface area (Å²) in [5, 5.41) is 7.91. The molecular formula is C7H19N3O2S. The highest BCUT2D eigenvalue weighted by atomic mass is 32.2. The van der Waals surface area contributed by atoms with Crippen LogP contribution < -0.4 is 10.5 Å². The molecule has 0 radical (unpaired) electrons. The molecule has 1 atom stereocenters. The van der Waals surface area contributed by atoms with Crippen molar-refractivity contribution >= 4 is 10.0 Å². The van der Waals surface area contributed by atoms with E-state index < -0.39 is 10.0 Å². The van der Waals surface area contributed by atoms with Crippen LogP contribution >= 0.6 is 0 Å². The molecule has 0 aromatic heterocycles. The maximum absolute atomic E-state index is 10.6. The van der Waals surface area contributed by atoms with Crippen molar-refractivity contribution in [2.75, 3.05) is 32.9 Å². The average Bonchev–Trinajstić information content (AvgIpc) is 1.81. The van der Waals surface area contributed by atoms with Crippen molar-refractivity contribution in [3.8, 4) is 0 Å². The number of nitrogens with two attached hydrogens (primary N) is 1. The Morgan fingerprint density at radius 1 is 1.46 bits per heavy atom. The number of rotatable bonds is 6. The first kappa shape index (κ1) is 12.8. The predicted octanol–water partition coefficient (Wildman–Crippen LogP) is -1.19. The molecular weight excluding hydrogens is 190 g/mol. The van der Waals surface area contributed by atoms with Crippen LogP contribution in [0.2, 0.25) is 0 Å². The van der Waals surface area contributed by atoms with Gasteiger partial charge < -0.3 is 10.2 Å². The van der Waals surface area contributed by atoms with Crippen LogP contribution in [0.15, 0.2) is 0 Å². The quantitative estimate of drug-likeness (QED) is 0.577. The van der Waals surface area contributed by atoms with Crippen molar-refractivity contribution in [3.05, 3.63) is 0 Å². The van der Waals surface area contributed by atoms with Crippen molar-refractivity contribution in [1.82, 2.24) is 10.2 Å². The molecule has 0 heterocycles. The van der Waals surface area contributed by atoms with Gasteiger partial charge in [0, 0.05) is 19.1 Å². The first-order valence-corrected chi connectivity index (χ1v) is 5.91. The largest absolute Gasteiger partial charge is 0.312 e.